The quantitative estimate of drug-likeness (QED) is 0.470. The minimum absolute atomic E-state index is 0.158. The van der Waals surface area contributed by atoms with Gasteiger partial charge in [0.1, 0.15) is 11.5 Å². The summed E-state index contributed by atoms with van der Waals surface area (Å²) in [6, 6.07) is 15.5. The fraction of sp³-hybridized carbons (Fsp3) is 0.318. The van der Waals surface area contributed by atoms with E-state index in [2.05, 4.69) is 32.6 Å². The molecule has 0 aliphatic rings. The summed E-state index contributed by atoms with van der Waals surface area (Å²) in [5.74, 6) is 1.83. The van der Waals surface area contributed by atoms with Crippen molar-refractivity contribution >= 4 is 11.9 Å². The van der Waals surface area contributed by atoms with Crippen LogP contribution in [0, 0.1) is 0 Å². The molecule has 1 heterocycles. The molecule has 0 radical (unpaired) electrons. The minimum atomic E-state index is -0.158. The van der Waals surface area contributed by atoms with E-state index < -0.39 is 0 Å². The number of H-pyrrole nitrogens is 1. The number of amides is 1. The van der Waals surface area contributed by atoms with Crippen molar-refractivity contribution in [1.82, 2.24) is 15.2 Å². The van der Waals surface area contributed by atoms with E-state index in [9.17, 15) is 4.79 Å². The number of anilines is 1. The number of rotatable bonds is 11. The maximum Gasteiger partial charge on any atom is 0.249 e. The normalized spacial score (nSPS) is 10.6. The third kappa shape index (κ3) is 6.05. The second kappa shape index (κ2) is 11.0. The molecule has 0 saturated carbocycles. The number of nitrogens with zero attached hydrogens (tertiary/aromatic N) is 2. The van der Waals surface area contributed by atoms with Crippen LogP contribution in [0.15, 0.2) is 48.5 Å². The Morgan fingerprint density at radius 2 is 1.90 bits per heavy atom. The first-order valence-corrected chi connectivity index (χ1v) is 9.76. The number of benzene rings is 2. The molecule has 0 unspecified atom stereocenters. The lowest BCUT2D eigenvalue weighted by Crippen LogP contribution is -2.13. The van der Waals surface area contributed by atoms with Crippen molar-refractivity contribution in [3.63, 3.8) is 0 Å². The van der Waals surface area contributed by atoms with Gasteiger partial charge in [0.05, 0.1) is 26.4 Å². The Balaban J connectivity index is 1.42. The van der Waals surface area contributed by atoms with E-state index in [4.69, 9.17) is 14.2 Å². The number of methoxy groups -OCH3 is 2. The van der Waals surface area contributed by atoms with Crippen LogP contribution >= 0.6 is 0 Å². The average Bonchev–Trinajstić information content (AvgIpc) is 3.24. The first-order chi connectivity index (χ1) is 14.7. The second-order valence-corrected chi connectivity index (χ2v) is 6.57. The van der Waals surface area contributed by atoms with Gasteiger partial charge in [-0.3, -0.25) is 15.2 Å². The maximum absolute atomic E-state index is 12.1. The summed E-state index contributed by atoms with van der Waals surface area (Å²) >= 11 is 0. The third-order valence-electron chi connectivity index (χ3n) is 4.47. The van der Waals surface area contributed by atoms with Crippen molar-refractivity contribution in [2.24, 2.45) is 0 Å². The Morgan fingerprint density at radius 1 is 1.07 bits per heavy atom. The Hall–Kier alpha value is -3.39. The fourth-order valence-corrected chi connectivity index (χ4v) is 2.89. The van der Waals surface area contributed by atoms with Crippen LogP contribution in [0.1, 0.15) is 18.4 Å². The average molecular weight is 410 g/mol. The second-order valence-electron chi connectivity index (χ2n) is 6.57. The Labute approximate surface area is 175 Å². The summed E-state index contributed by atoms with van der Waals surface area (Å²) in [5.41, 5.74) is 1.96. The van der Waals surface area contributed by atoms with Gasteiger partial charge in [-0.05, 0) is 30.5 Å². The van der Waals surface area contributed by atoms with Crippen molar-refractivity contribution in [2.45, 2.75) is 19.3 Å². The molecular formula is C22H26N4O4. The molecule has 0 saturated heterocycles. The number of carbonyl (C=O) groups excluding carboxylic acids is 1. The molecular weight excluding hydrogens is 384 g/mol. The van der Waals surface area contributed by atoms with Crippen LogP contribution in [0.5, 0.6) is 11.5 Å². The molecule has 3 aromatic rings. The van der Waals surface area contributed by atoms with Gasteiger partial charge in [-0.25, -0.2) is 0 Å². The van der Waals surface area contributed by atoms with Gasteiger partial charge in [0.15, 0.2) is 5.82 Å². The van der Waals surface area contributed by atoms with Gasteiger partial charge in [-0.2, -0.15) is 4.98 Å². The van der Waals surface area contributed by atoms with Gasteiger partial charge in [0.25, 0.3) is 0 Å². The van der Waals surface area contributed by atoms with E-state index in [-0.39, 0.29) is 11.9 Å². The number of aromatic amines is 1. The topological polar surface area (TPSA) is 98.4 Å². The van der Waals surface area contributed by atoms with Gasteiger partial charge >= 0.3 is 0 Å². The van der Waals surface area contributed by atoms with Crippen LogP contribution < -0.4 is 14.8 Å². The largest absolute Gasteiger partial charge is 0.497 e. The van der Waals surface area contributed by atoms with Crippen molar-refractivity contribution in [3.05, 3.63) is 54.1 Å². The van der Waals surface area contributed by atoms with Gasteiger partial charge in [0, 0.05) is 19.1 Å². The monoisotopic (exact) mass is 410 g/mol. The van der Waals surface area contributed by atoms with E-state index in [1.807, 2.05) is 24.3 Å². The molecule has 2 N–H and O–H groups in total. The summed E-state index contributed by atoms with van der Waals surface area (Å²) in [6.07, 6.45) is 1.83. The van der Waals surface area contributed by atoms with E-state index in [1.165, 1.54) is 5.56 Å². The van der Waals surface area contributed by atoms with Gasteiger partial charge in [-0.15, -0.1) is 5.10 Å². The predicted octanol–water partition coefficient (Wildman–Crippen LogP) is 3.47. The van der Waals surface area contributed by atoms with Crippen LogP contribution in [-0.4, -0.2) is 48.5 Å². The van der Waals surface area contributed by atoms with E-state index in [0.29, 0.717) is 43.4 Å². The molecule has 0 aliphatic heterocycles. The summed E-state index contributed by atoms with van der Waals surface area (Å²) in [6.45, 7) is 1.17. The fourth-order valence-electron chi connectivity index (χ4n) is 2.89. The molecule has 1 aromatic heterocycles. The maximum atomic E-state index is 12.1. The zero-order valence-electron chi connectivity index (χ0n) is 17.2. The molecule has 0 fully saturated rings. The van der Waals surface area contributed by atoms with E-state index in [0.717, 1.165) is 12.0 Å². The van der Waals surface area contributed by atoms with E-state index in [1.54, 1.807) is 26.4 Å². The molecule has 8 nitrogen and oxygen atoms in total. The highest BCUT2D eigenvalue weighted by Gasteiger charge is 2.13. The highest BCUT2D eigenvalue weighted by Crippen LogP contribution is 2.31. The molecule has 0 spiro atoms. The molecule has 3 rings (SSSR count). The van der Waals surface area contributed by atoms with Crippen LogP contribution in [0.3, 0.4) is 0 Å². The van der Waals surface area contributed by atoms with Gasteiger partial charge in [-0.1, -0.05) is 30.3 Å². The summed E-state index contributed by atoms with van der Waals surface area (Å²) < 4.78 is 16.2. The number of aromatic nitrogens is 3. The molecule has 8 heteroatoms. The zero-order chi connectivity index (χ0) is 21.2. The van der Waals surface area contributed by atoms with Gasteiger partial charge in [0.2, 0.25) is 11.9 Å². The Bertz CT molecular complexity index is 943. The smallest absolute Gasteiger partial charge is 0.249 e. The molecule has 0 aliphatic carbocycles. The Morgan fingerprint density at radius 3 is 2.67 bits per heavy atom. The standard InChI is InChI=1S/C22H26N4O4/c1-28-17-10-11-18(19(15-17)29-2)21-24-22(26-25-21)23-20(27)9-6-13-30-14-12-16-7-4-3-5-8-16/h3-5,7-8,10-11,15H,6,9,12-14H2,1-2H3,(H2,23,24,25,26,27). The number of hydrogen-bond donors (Lipinski definition) is 2. The minimum Gasteiger partial charge on any atom is -0.497 e. The van der Waals surface area contributed by atoms with Crippen molar-refractivity contribution in [1.29, 1.82) is 0 Å². The first-order valence-electron chi connectivity index (χ1n) is 9.76. The Kier molecular flexibility index (Phi) is 7.79. The molecule has 2 aromatic carbocycles. The lowest BCUT2D eigenvalue weighted by Gasteiger charge is -2.07. The SMILES string of the molecule is COc1ccc(-c2nc(NC(=O)CCCOCCc3ccccc3)n[nH]2)c(OC)c1. The highest BCUT2D eigenvalue weighted by atomic mass is 16.5. The molecule has 0 atom stereocenters. The zero-order valence-corrected chi connectivity index (χ0v) is 17.2. The van der Waals surface area contributed by atoms with Crippen molar-refractivity contribution in [2.75, 3.05) is 32.8 Å². The molecule has 158 valence electrons. The summed E-state index contributed by atoms with van der Waals surface area (Å²) in [5, 5.41) is 9.57. The lowest BCUT2D eigenvalue weighted by atomic mass is 10.2. The highest BCUT2D eigenvalue weighted by molar-refractivity contribution is 5.89. The summed E-state index contributed by atoms with van der Waals surface area (Å²) in [4.78, 5) is 16.4. The first kappa shape index (κ1) is 21.3. The molecule has 30 heavy (non-hydrogen) atoms. The van der Waals surface area contributed by atoms with Gasteiger partial charge < -0.3 is 14.2 Å². The number of carbonyl (C=O) groups is 1. The molecule has 1 amide bonds. The van der Waals surface area contributed by atoms with Crippen molar-refractivity contribution in [3.8, 4) is 22.9 Å². The van der Waals surface area contributed by atoms with Crippen LogP contribution in [0.4, 0.5) is 5.95 Å². The number of ether oxygens (including phenoxy) is 3. The van der Waals surface area contributed by atoms with Crippen molar-refractivity contribution < 1.29 is 19.0 Å². The van der Waals surface area contributed by atoms with Crippen LogP contribution in [0.2, 0.25) is 0 Å². The lowest BCUT2D eigenvalue weighted by molar-refractivity contribution is -0.116. The third-order valence-corrected chi connectivity index (χ3v) is 4.47. The number of nitrogens with one attached hydrogen (secondary N) is 2. The molecule has 0 bridgehead atoms. The number of hydrogen-bond acceptors (Lipinski definition) is 6. The van der Waals surface area contributed by atoms with E-state index >= 15 is 0 Å². The van der Waals surface area contributed by atoms with Crippen LogP contribution in [0.25, 0.3) is 11.4 Å². The van der Waals surface area contributed by atoms with Crippen LogP contribution in [-0.2, 0) is 16.0 Å². The summed E-state index contributed by atoms with van der Waals surface area (Å²) in [7, 11) is 3.16. The predicted molar refractivity (Wildman–Crippen MR) is 114 cm³/mol.